The predicted octanol–water partition coefficient (Wildman–Crippen LogP) is 5.62. The molecule has 2 amide bonds. The van der Waals surface area contributed by atoms with Gasteiger partial charge in [0, 0.05) is 16.1 Å². The van der Waals surface area contributed by atoms with Gasteiger partial charge in [0.1, 0.15) is 5.70 Å². The molecule has 5 heteroatoms. The first-order valence-corrected chi connectivity index (χ1v) is 10.4. The summed E-state index contributed by atoms with van der Waals surface area (Å²) < 4.78 is 0. The smallest absolute Gasteiger partial charge is 0.272 e. The van der Waals surface area contributed by atoms with E-state index in [4.69, 9.17) is 0 Å². The minimum atomic E-state index is -0.374. The van der Waals surface area contributed by atoms with Crippen molar-refractivity contribution in [2.75, 3.05) is 5.32 Å². The number of hydrogen-bond donors (Lipinski definition) is 2. The van der Waals surface area contributed by atoms with Crippen molar-refractivity contribution in [1.82, 2.24) is 5.32 Å². The summed E-state index contributed by atoms with van der Waals surface area (Å²) in [6, 6.07) is 24.8. The highest BCUT2D eigenvalue weighted by atomic mass is 32.1. The number of nitrogens with one attached hydrogen (secondary N) is 2. The van der Waals surface area contributed by atoms with Crippen LogP contribution in [-0.4, -0.2) is 11.8 Å². The van der Waals surface area contributed by atoms with E-state index < -0.39 is 0 Å². The van der Waals surface area contributed by atoms with E-state index in [0.717, 1.165) is 21.2 Å². The van der Waals surface area contributed by atoms with Crippen LogP contribution in [-0.2, 0) is 4.79 Å². The van der Waals surface area contributed by atoms with Gasteiger partial charge in [-0.25, -0.2) is 0 Å². The van der Waals surface area contributed by atoms with Gasteiger partial charge in [-0.05, 0) is 59.0 Å². The van der Waals surface area contributed by atoms with E-state index in [1.165, 1.54) is 11.3 Å². The summed E-state index contributed by atoms with van der Waals surface area (Å²) in [5.74, 6) is -0.690. The first-order chi connectivity index (χ1) is 14.6. The van der Waals surface area contributed by atoms with Crippen LogP contribution >= 0.6 is 11.3 Å². The normalized spacial score (nSPS) is 11.3. The van der Waals surface area contributed by atoms with Gasteiger partial charge in [0.25, 0.3) is 11.8 Å². The van der Waals surface area contributed by atoms with Crippen molar-refractivity contribution in [1.29, 1.82) is 0 Å². The fourth-order valence-corrected chi connectivity index (χ4v) is 3.81. The summed E-state index contributed by atoms with van der Waals surface area (Å²) in [6.45, 7) is 1.87. The molecule has 0 fully saturated rings. The van der Waals surface area contributed by atoms with Crippen molar-refractivity contribution in [3.63, 3.8) is 0 Å². The maximum Gasteiger partial charge on any atom is 0.272 e. The predicted molar refractivity (Wildman–Crippen MR) is 124 cm³/mol. The van der Waals surface area contributed by atoms with E-state index in [1.807, 2.05) is 79.0 Å². The number of benzene rings is 3. The molecule has 0 aliphatic carbocycles. The fourth-order valence-electron chi connectivity index (χ4n) is 3.16. The van der Waals surface area contributed by atoms with Crippen molar-refractivity contribution in [3.05, 3.63) is 106 Å². The maximum absolute atomic E-state index is 13.0. The highest BCUT2D eigenvalue weighted by Crippen LogP contribution is 2.20. The molecular weight excluding hydrogens is 392 g/mol. The van der Waals surface area contributed by atoms with Gasteiger partial charge in [-0.1, -0.05) is 54.6 Å². The maximum atomic E-state index is 13.0. The van der Waals surface area contributed by atoms with Crippen LogP contribution < -0.4 is 10.6 Å². The largest absolute Gasteiger partial charge is 0.321 e. The monoisotopic (exact) mass is 412 g/mol. The van der Waals surface area contributed by atoms with E-state index in [9.17, 15) is 9.59 Å². The molecule has 0 bridgehead atoms. The molecule has 1 aromatic heterocycles. The molecule has 1 heterocycles. The quantitative estimate of drug-likeness (QED) is 0.418. The number of aryl methyl sites for hydroxylation is 1. The lowest BCUT2D eigenvalue weighted by atomic mass is 10.1. The van der Waals surface area contributed by atoms with Gasteiger partial charge in [0.05, 0.1) is 0 Å². The molecule has 30 heavy (non-hydrogen) atoms. The topological polar surface area (TPSA) is 58.2 Å². The lowest BCUT2D eigenvalue weighted by Gasteiger charge is -2.12. The van der Waals surface area contributed by atoms with E-state index in [-0.39, 0.29) is 17.5 Å². The molecule has 148 valence electrons. The Balaban J connectivity index is 1.61. The average Bonchev–Trinajstić information content (AvgIpc) is 3.26. The van der Waals surface area contributed by atoms with E-state index in [1.54, 1.807) is 18.2 Å². The Labute approximate surface area is 178 Å². The van der Waals surface area contributed by atoms with Crippen LogP contribution in [0.25, 0.3) is 16.8 Å². The Kier molecular flexibility index (Phi) is 5.72. The van der Waals surface area contributed by atoms with Gasteiger partial charge in [-0.3, -0.25) is 9.59 Å². The highest BCUT2D eigenvalue weighted by Gasteiger charge is 2.16. The second kappa shape index (κ2) is 8.76. The molecule has 0 aliphatic heterocycles. The van der Waals surface area contributed by atoms with Gasteiger partial charge >= 0.3 is 0 Å². The fraction of sp³-hybridized carbons (Fsp3) is 0.0400. The molecule has 0 aliphatic rings. The van der Waals surface area contributed by atoms with Crippen molar-refractivity contribution in [3.8, 4) is 0 Å². The number of carbonyl (C=O) groups is 2. The summed E-state index contributed by atoms with van der Waals surface area (Å²) >= 11 is 1.50. The van der Waals surface area contributed by atoms with Crippen molar-refractivity contribution in [2.45, 2.75) is 6.92 Å². The second-order valence-corrected chi connectivity index (χ2v) is 7.84. The van der Waals surface area contributed by atoms with Crippen LogP contribution in [0.4, 0.5) is 5.69 Å². The molecular formula is C25H20N2O2S. The van der Waals surface area contributed by atoms with Crippen LogP contribution in [0, 0.1) is 6.92 Å². The molecule has 4 aromatic rings. The molecule has 0 saturated heterocycles. The minimum absolute atomic E-state index is 0.193. The lowest BCUT2D eigenvalue weighted by Crippen LogP contribution is -2.31. The summed E-state index contributed by atoms with van der Waals surface area (Å²) in [5.41, 5.74) is 2.24. The average molecular weight is 413 g/mol. The van der Waals surface area contributed by atoms with Crippen molar-refractivity contribution < 1.29 is 9.59 Å². The highest BCUT2D eigenvalue weighted by molar-refractivity contribution is 7.10. The molecule has 0 radical (unpaired) electrons. The van der Waals surface area contributed by atoms with Crippen LogP contribution in [0.3, 0.4) is 0 Å². The van der Waals surface area contributed by atoms with Crippen LogP contribution in [0.2, 0.25) is 0 Å². The first-order valence-electron chi connectivity index (χ1n) is 9.52. The summed E-state index contributed by atoms with van der Waals surface area (Å²) in [4.78, 5) is 26.7. The van der Waals surface area contributed by atoms with E-state index in [0.29, 0.717) is 11.3 Å². The van der Waals surface area contributed by atoms with Gasteiger partial charge in [-0.2, -0.15) is 0 Å². The molecule has 0 saturated carbocycles. The molecule has 0 spiro atoms. The summed E-state index contributed by atoms with van der Waals surface area (Å²) in [5, 5.41) is 9.74. The number of rotatable bonds is 5. The number of fused-ring (bicyclic) bond motifs is 1. The third-order valence-electron chi connectivity index (χ3n) is 4.72. The Morgan fingerprint density at radius 3 is 2.40 bits per heavy atom. The van der Waals surface area contributed by atoms with Gasteiger partial charge in [-0.15, -0.1) is 11.3 Å². The Morgan fingerprint density at radius 2 is 1.63 bits per heavy atom. The molecule has 0 atom stereocenters. The Bertz CT molecular complexity index is 1240. The summed E-state index contributed by atoms with van der Waals surface area (Å²) in [7, 11) is 0. The summed E-state index contributed by atoms with van der Waals surface area (Å²) in [6.07, 6.45) is 1.69. The van der Waals surface area contributed by atoms with Crippen molar-refractivity contribution >= 4 is 45.7 Å². The van der Waals surface area contributed by atoms with Gasteiger partial charge in [0.2, 0.25) is 0 Å². The standard InChI is InChI=1S/C25H20N2O2S/c1-17-7-2-5-11-22(17)24(28)27-23(16-21-10-6-14-30-21)25(29)26-20-13-12-18-8-3-4-9-19(18)15-20/h2-16H,1H3,(H,26,29)(H,27,28)/b23-16-. The van der Waals surface area contributed by atoms with Crippen molar-refractivity contribution in [2.24, 2.45) is 0 Å². The number of anilines is 1. The zero-order chi connectivity index (χ0) is 20.9. The Morgan fingerprint density at radius 1 is 0.867 bits per heavy atom. The van der Waals surface area contributed by atoms with E-state index >= 15 is 0 Å². The number of hydrogen-bond acceptors (Lipinski definition) is 3. The molecule has 0 unspecified atom stereocenters. The zero-order valence-corrected chi connectivity index (χ0v) is 17.2. The molecule has 4 rings (SSSR count). The SMILES string of the molecule is Cc1ccccc1C(=O)N/C(=C\c1cccs1)C(=O)Nc1ccc2ccccc2c1. The lowest BCUT2D eigenvalue weighted by molar-refractivity contribution is -0.113. The van der Waals surface area contributed by atoms with Gasteiger partial charge in [0.15, 0.2) is 0 Å². The van der Waals surface area contributed by atoms with E-state index in [2.05, 4.69) is 10.6 Å². The van der Waals surface area contributed by atoms with Crippen LogP contribution in [0.15, 0.2) is 89.9 Å². The third-order valence-corrected chi connectivity index (χ3v) is 5.54. The Hall–Kier alpha value is -3.70. The number of carbonyl (C=O) groups excluding carboxylic acids is 2. The third kappa shape index (κ3) is 4.47. The molecule has 2 N–H and O–H groups in total. The zero-order valence-electron chi connectivity index (χ0n) is 16.4. The number of amides is 2. The van der Waals surface area contributed by atoms with Crippen LogP contribution in [0.5, 0.6) is 0 Å². The molecule has 3 aromatic carbocycles. The van der Waals surface area contributed by atoms with Gasteiger partial charge < -0.3 is 10.6 Å². The van der Waals surface area contributed by atoms with Crippen LogP contribution in [0.1, 0.15) is 20.8 Å². The second-order valence-electron chi connectivity index (χ2n) is 6.86. The minimum Gasteiger partial charge on any atom is -0.321 e. The number of thiophene rings is 1. The first kappa shape index (κ1) is 19.6. The molecule has 4 nitrogen and oxygen atoms in total.